The molecular weight excluding hydrogens is 919 g/mol. The minimum Gasteiger partial charge on any atom is -0.208 e. The first-order valence-electron chi connectivity index (χ1n) is 26.5. The molecule has 0 saturated heterocycles. The van der Waals surface area contributed by atoms with Gasteiger partial charge < -0.3 is 0 Å². The van der Waals surface area contributed by atoms with E-state index in [1.54, 1.807) is 0 Å². The van der Waals surface area contributed by atoms with Crippen LogP contribution in [0.3, 0.4) is 0 Å². The first-order chi connectivity index (χ1) is 37.4. The fourth-order valence-corrected chi connectivity index (χ4v) is 12.7. The summed E-state index contributed by atoms with van der Waals surface area (Å²) < 4.78 is 0. The predicted molar refractivity (Wildman–Crippen MR) is 313 cm³/mol. The van der Waals surface area contributed by atoms with Gasteiger partial charge in [0.25, 0.3) is 0 Å². The maximum atomic E-state index is 5.45. The van der Waals surface area contributed by atoms with Crippen molar-refractivity contribution in [3.05, 3.63) is 317 Å². The van der Waals surface area contributed by atoms with Crippen molar-refractivity contribution in [2.24, 2.45) is 0 Å². The maximum Gasteiger partial charge on any atom is 0.164 e. The van der Waals surface area contributed by atoms with Crippen molar-refractivity contribution < 1.29 is 0 Å². The minimum atomic E-state index is -0.608. The van der Waals surface area contributed by atoms with Crippen LogP contribution < -0.4 is 0 Å². The van der Waals surface area contributed by atoms with E-state index in [2.05, 4.69) is 263 Å². The molecule has 0 fully saturated rings. The van der Waals surface area contributed by atoms with Crippen LogP contribution in [-0.2, 0) is 10.8 Å². The van der Waals surface area contributed by atoms with Crippen LogP contribution in [0.5, 0.6) is 0 Å². The lowest BCUT2D eigenvalue weighted by Gasteiger charge is -2.46. The number of hydrogen-bond donors (Lipinski definition) is 0. The molecule has 1 unspecified atom stereocenters. The molecule has 3 aliphatic carbocycles. The Hall–Kier alpha value is -9.31. The van der Waals surface area contributed by atoms with Crippen LogP contribution in [-0.4, -0.2) is 15.0 Å². The number of rotatable bonds is 8. The molecule has 76 heavy (non-hydrogen) atoms. The third kappa shape index (κ3) is 7.45. The Bertz CT molecular complexity index is 4010. The molecule has 10 aromatic carbocycles. The number of allylic oxidation sites excluding steroid dienone is 4. The van der Waals surface area contributed by atoms with Gasteiger partial charge in [-0.2, -0.15) is 0 Å². The number of hydrogen-bond acceptors (Lipinski definition) is 3. The molecule has 1 heterocycles. The van der Waals surface area contributed by atoms with Gasteiger partial charge in [-0.05, 0) is 107 Å². The third-order valence-corrected chi connectivity index (χ3v) is 16.4. The van der Waals surface area contributed by atoms with E-state index in [0.29, 0.717) is 17.5 Å². The van der Waals surface area contributed by atoms with E-state index in [-0.39, 0.29) is 11.3 Å². The van der Waals surface area contributed by atoms with E-state index in [1.807, 2.05) is 18.2 Å². The largest absolute Gasteiger partial charge is 0.208 e. The molecule has 1 spiro atoms. The number of aromatic nitrogens is 3. The van der Waals surface area contributed by atoms with Crippen molar-refractivity contribution >= 4 is 11.1 Å². The second-order valence-electron chi connectivity index (χ2n) is 21.0. The quantitative estimate of drug-likeness (QED) is 0.152. The van der Waals surface area contributed by atoms with Crippen LogP contribution in [0.25, 0.3) is 78.7 Å². The smallest absolute Gasteiger partial charge is 0.164 e. The molecule has 3 heteroatoms. The summed E-state index contributed by atoms with van der Waals surface area (Å²) in [6.07, 6.45) is 5.82. The van der Waals surface area contributed by atoms with Gasteiger partial charge >= 0.3 is 0 Å². The van der Waals surface area contributed by atoms with Crippen molar-refractivity contribution in [1.82, 2.24) is 15.0 Å². The Balaban J connectivity index is 0.955. The van der Waals surface area contributed by atoms with E-state index in [0.717, 1.165) is 45.4 Å². The zero-order valence-electron chi connectivity index (χ0n) is 42.5. The zero-order valence-corrected chi connectivity index (χ0v) is 42.5. The molecule has 0 amide bonds. The SMILES string of the molecule is CC1(C)c2ccccc2C2(c3ccc(-c4ccc(C5=CC(c6ccccc6)CC(c6ccccc6)=C5)cc4)cc3-c3c(-c4nc(-c5ccccc5)nc(-c5ccc(-c6ccccc6)cc5)n4)cccc32)c2ccccc21. The van der Waals surface area contributed by atoms with E-state index in [9.17, 15) is 0 Å². The molecule has 0 aliphatic heterocycles. The molecule has 1 aromatic heterocycles. The molecule has 0 radical (unpaired) electrons. The average Bonchev–Trinajstić information content (AvgIpc) is 4.02. The lowest BCUT2D eigenvalue weighted by Crippen LogP contribution is -2.40. The summed E-state index contributed by atoms with van der Waals surface area (Å²) in [7, 11) is 0. The second kappa shape index (κ2) is 18.3. The summed E-state index contributed by atoms with van der Waals surface area (Å²) in [6.45, 7) is 4.76. The Morgan fingerprint density at radius 2 is 0.789 bits per heavy atom. The summed E-state index contributed by atoms with van der Waals surface area (Å²) in [6, 6.07) is 92.7. The molecule has 1 atom stereocenters. The summed E-state index contributed by atoms with van der Waals surface area (Å²) >= 11 is 0. The maximum absolute atomic E-state index is 5.45. The van der Waals surface area contributed by atoms with Crippen molar-refractivity contribution in [3.8, 4) is 67.5 Å². The molecule has 0 bridgehead atoms. The van der Waals surface area contributed by atoms with Crippen molar-refractivity contribution in [2.75, 3.05) is 0 Å². The Morgan fingerprint density at radius 1 is 0.342 bits per heavy atom. The van der Waals surface area contributed by atoms with Gasteiger partial charge in [0, 0.05) is 28.0 Å². The van der Waals surface area contributed by atoms with Crippen LogP contribution in [0.4, 0.5) is 0 Å². The van der Waals surface area contributed by atoms with Gasteiger partial charge in [0.15, 0.2) is 17.5 Å². The van der Waals surface area contributed by atoms with E-state index < -0.39 is 5.41 Å². The molecule has 0 N–H and O–H groups in total. The predicted octanol–water partition coefficient (Wildman–Crippen LogP) is 17.9. The van der Waals surface area contributed by atoms with Crippen LogP contribution in [0.1, 0.15) is 76.3 Å². The summed E-state index contributed by atoms with van der Waals surface area (Å²) in [5.74, 6) is 2.18. The molecule has 11 aromatic rings. The lowest BCUT2D eigenvalue weighted by molar-refractivity contribution is 0.563. The fraction of sp³-hybridized carbons (Fsp3) is 0.0822. The number of nitrogens with zero attached hydrogens (tertiary/aromatic N) is 3. The van der Waals surface area contributed by atoms with Crippen molar-refractivity contribution in [3.63, 3.8) is 0 Å². The highest BCUT2D eigenvalue weighted by molar-refractivity contribution is 5.97. The van der Waals surface area contributed by atoms with Gasteiger partial charge in [-0.25, -0.2) is 15.0 Å². The normalized spacial score (nSPS) is 15.4. The molecule has 3 nitrogen and oxygen atoms in total. The van der Waals surface area contributed by atoms with Gasteiger partial charge in [0.05, 0.1) is 5.41 Å². The zero-order chi connectivity index (χ0) is 50.8. The van der Waals surface area contributed by atoms with Crippen molar-refractivity contribution in [2.45, 2.75) is 37.0 Å². The van der Waals surface area contributed by atoms with Gasteiger partial charge in [0.1, 0.15) is 0 Å². The fourth-order valence-electron chi connectivity index (χ4n) is 12.7. The summed E-state index contributed by atoms with van der Waals surface area (Å²) in [5.41, 5.74) is 23.2. The Labute approximate surface area is 445 Å². The highest BCUT2D eigenvalue weighted by Crippen LogP contribution is 2.63. The molecule has 0 saturated carbocycles. The highest BCUT2D eigenvalue weighted by Gasteiger charge is 2.54. The van der Waals surface area contributed by atoms with Gasteiger partial charge in [-0.3, -0.25) is 0 Å². The van der Waals surface area contributed by atoms with Gasteiger partial charge in [-0.15, -0.1) is 0 Å². The van der Waals surface area contributed by atoms with Crippen LogP contribution in [0.15, 0.2) is 267 Å². The Morgan fingerprint density at radius 3 is 1.41 bits per heavy atom. The topological polar surface area (TPSA) is 38.7 Å². The summed E-state index contributed by atoms with van der Waals surface area (Å²) in [5, 5.41) is 0. The molecule has 14 rings (SSSR count). The average molecular weight is 972 g/mol. The standard InChI is InChI=1S/C73H53N3/c1-72(2)63-29-15-17-31-65(63)73(66-32-18-16-30-64(66)72)62-43-42-56(52-34-36-53(37-35-52)59-45-57(49-22-9-4-10-23-49)44-58(46-59)50-24-11-5-12-25-50)47-61(62)68-60(28-19-33-67(68)73)71-75-69(54-26-13-6-14-27-54)74-70(76-71)55-40-38-51(39-41-55)48-20-7-3-8-21-48/h3-43,45-47,57H,44H2,1-2H3. The van der Waals surface area contributed by atoms with Gasteiger partial charge in [-0.1, -0.05) is 275 Å². The third-order valence-electron chi connectivity index (χ3n) is 16.4. The molecule has 360 valence electrons. The molecular formula is C73H53N3. The van der Waals surface area contributed by atoms with Crippen molar-refractivity contribution in [1.29, 1.82) is 0 Å². The Kier molecular flexibility index (Phi) is 10.9. The van der Waals surface area contributed by atoms with Crippen LogP contribution in [0, 0.1) is 0 Å². The highest BCUT2D eigenvalue weighted by atomic mass is 15.0. The van der Waals surface area contributed by atoms with Gasteiger partial charge in [0.2, 0.25) is 0 Å². The molecule has 3 aliphatic rings. The van der Waals surface area contributed by atoms with E-state index >= 15 is 0 Å². The second-order valence-corrected chi connectivity index (χ2v) is 21.0. The van der Waals surface area contributed by atoms with E-state index in [1.165, 1.54) is 72.3 Å². The van der Waals surface area contributed by atoms with E-state index in [4.69, 9.17) is 15.0 Å². The number of benzene rings is 10. The van der Waals surface area contributed by atoms with Crippen LogP contribution >= 0.6 is 0 Å². The minimum absolute atomic E-state index is 0.226. The van der Waals surface area contributed by atoms with Crippen LogP contribution in [0.2, 0.25) is 0 Å². The summed E-state index contributed by atoms with van der Waals surface area (Å²) in [4.78, 5) is 16.1. The first kappa shape index (κ1) is 45.3. The monoisotopic (exact) mass is 971 g/mol. The lowest BCUT2D eigenvalue weighted by atomic mass is 9.55. The first-order valence-corrected chi connectivity index (χ1v) is 26.5. The number of fused-ring (bicyclic) bond motifs is 9.